The zero-order valence-corrected chi connectivity index (χ0v) is 17.4. The van der Waals surface area contributed by atoms with Crippen molar-refractivity contribution in [3.63, 3.8) is 0 Å². The van der Waals surface area contributed by atoms with Gasteiger partial charge >= 0.3 is 18.3 Å². The van der Waals surface area contributed by atoms with Crippen molar-refractivity contribution in [2.45, 2.75) is 38.7 Å². The molecule has 0 bridgehead atoms. The highest BCUT2D eigenvalue weighted by molar-refractivity contribution is 6.30. The number of hydrogen-bond donors (Lipinski definition) is 0. The standard InChI is InChI=1S/C18H17ClF3NO9/c1-9-5-12(19)6-11-7-13(15(18(20,21)22)32-14(9)11)16(24)28-8-29-17(25)31-10(2)3-4-30-23(26)27/h5-7,10,15H,3-4,8H2,1-2H3. The summed E-state index contributed by atoms with van der Waals surface area (Å²) >= 11 is 5.91. The molecule has 2 atom stereocenters. The number of hydrogen-bond acceptors (Lipinski definition) is 9. The molecule has 10 nitrogen and oxygen atoms in total. The molecule has 1 heterocycles. The number of nitrogens with zero attached hydrogens (tertiary/aromatic N) is 1. The van der Waals surface area contributed by atoms with Crippen LogP contribution in [0.15, 0.2) is 17.7 Å². The molecule has 1 aromatic rings. The Morgan fingerprint density at radius 3 is 2.62 bits per heavy atom. The summed E-state index contributed by atoms with van der Waals surface area (Å²) in [6.07, 6.45) is -8.78. The molecule has 0 aliphatic carbocycles. The number of carbonyl (C=O) groups is 2. The van der Waals surface area contributed by atoms with Crippen LogP contribution in [0.4, 0.5) is 18.0 Å². The Morgan fingerprint density at radius 1 is 1.31 bits per heavy atom. The molecule has 0 spiro atoms. The van der Waals surface area contributed by atoms with Crippen LogP contribution in [0, 0.1) is 17.0 Å². The first-order valence-corrected chi connectivity index (χ1v) is 9.29. The molecule has 0 aromatic heterocycles. The van der Waals surface area contributed by atoms with E-state index in [9.17, 15) is 32.9 Å². The molecular formula is C18H17ClF3NO9. The molecule has 176 valence electrons. The van der Waals surface area contributed by atoms with Gasteiger partial charge in [-0.25, -0.2) is 9.59 Å². The molecule has 1 aromatic carbocycles. The van der Waals surface area contributed by atoms with Crippen molar-refractivity contribution in [3.05, 3.63) is 44.0 Å². The van der Waals surface area contributed by atoms with Crippen LogP contribution in [0.3, 0.4) is 0 Å². The first-order valence-electron chi connectivity index (χ1n) is 8.91. The fourth-order valence-electron chi connectivity index (χ4n) is 2.62. The van der Waals surface area contributed by atoms with Crippen molar-refractivity contribution in [1.82, 2.24) is 0 Å². The average Bonchev–Trinajstić information content (AvgIpc) is 2.65. The number of benzene rings is 1. The number of halogens is 4. The highest BCUT2D eigenvalue weighted by atomic mass is 35.5. The van der Waals surface area contributed by atoms with Crippen molar-refractivity contribution >= 4 is 29.8 Å². The van der Waals surface area contributed by atoms with E-state index in [-0.39, 0.29) is 29.4 Å². The highest BCUT2D eigenvalue weighted by Gasteiger charge is 2.49. The van der Waals surface area contributed by atoms with Gasteiger partial charge < -0.3 is 23.8 Å². The van der Waals surface area contributed by atoms with Crippen LogP contribution < -0.4 is 4.74 Å². The molecule has 0 radical (unpaired) electrons. The molecule has 14 heteroatoms. The largest absolute Gasteiger partial charge is 0.511 e. The summed E-state index contributed by atoms with van der Waals surface area (Å²) in [7, 11) is 0. The number of aryl methyl sites for hydroxylation is 1. The molecule has 0 N–H and O–H groups in total. The topological polar surface area (TPSA) is 123 Å². The number of fused-ring (bicyclic) bond motifs is 1. The van der Waals surface area contributed by atoms with E-state index in [0.717, 1.165) is 6.08 Å². The summed E-state index contributed by atoms with van der Waals surface area (Å²) in [5, 5.41) is 9.24. The molecule has 2 rings (SSSR count). The van der Waals surface area contributed by atoms with E-state index in [1.54, 1.807) is 0 Å². The summed E-state index contributed by atoms with van der Waals surface area (Å²) in [5.74, 6) is -1.51. The van der Waals surface area contributed by atoms with Crippen LogP contribution in [-0.4, -0.2) is 49.0 Å². The average molecular weight is 484 g/mol. The van der Waals surface area contributed by atoms with Gasteiger partial charge in [0.15, 0.2) is 0 Å². The van der Waals surface area contributed by atoms with Gasteiger partial charge in [-0.1, -0.05) is 11.6 Å². The smallest absolute Gasteiger partial charge is 0.475 e. The second-order valence-corrected chi connectivity index (χ2v) is 6.93. The normalized spacial score (nSPS) is 16.1. The minimum absolute atomic E-state index is 0.0330. The Balaban J connectivity index is 1.99. The zero-order valence-electron chi connectivity index (χ0n) is 16.6. The summed E-state index contributed by atoms with van der Waals surface area (Å²) < 4.78 is 59.1. The summed E-state index contributed by atoms with van der Waals surface area (Å²) in [5.41, 5.74) is -0.378. The minimum Gasteiger partial charge on any atom is -0.475 e. The van der Waals surface area contributed by atoms with Gasteiger partial charge in [-0.15, -0.1) is 10.1 Å². The molecule has 0 fully saturated rings. The predicted molar refractivity (Wildman–Crippen MR) is 100 cm³/mol. The number of rotatable bonds is 8. The quantitative estimate of drug-likeness (QED) is 0.233. The number of esters is 1. The van der Waals surface area contributed by atoms with Gasteiger partial charge in [0.25, 0.3) is 5.09 Å². The van der Waals surface area contributed by atoms with Gasteiger partial charge in [0.2, 0.25) is 12.9 Å². The summed E-state index contributed by atoms with van der Waals surface area (Å²) in [6, 6.07) is 2.73. The van der Waals surface area contributed by atoms with Crippen LogP contribution in [0.5, 0.6) is 5.75 Å². The van der Waals surface area contributed by atoms with Crippen molar-refractivity contribution in [2.24, 2.45) is 0 Å². The SMILES string of the molecule is Cc1cc(Cl)cc2c1OC(C(F)(F)F)C(C(=O)OCOC(=O)OC(C)CCO[N+](=O)[O-])=C2. The highest BCUT2D eigenvalue weighted by Crippen LogP contribution is 2.40. The molecule has 0 amide bonds. The Kier molecular flexibility index (Phi) is 8.14. The minimum atomic E-state index is -4.93. The van der Waals surface area contributed by atoms with Crippen LogP contribution >= 0.6 is 11.6 Å². The third-order valence-electron chi connectivity index (χ3n) is 4.02. The maximum absolute atomic E-state index is 13.4. The van der Waals surface area contributed by atoms with Crippen molar-refractivity contribution < 1.29 is 51.6 Å². The van der Waals surface area contributed by atoms with Gasteiger partial charge in [0, 0.05) is 17.0 Å². The summed E-state index contributed by atoms with van der Waals surface area (Å²) in [4.78, 5) is 37.8. The van der Waals surface area contributed by atoms with Crippen molar-refractivity contribution in [2.75, 3.05) is 13.4 Å². The second kappa shape index (κ2) is 10.4. The Labute approximate surface area is 183 Å². The molecule has 1 aliphatic heterocycles. The first kappa shape index (κ1) is 25.0. The van der Waals surface area contributed by atoms with E-state index in [1.807, 2.05) is 0 Å². The number of carbonyl (C=O) groups excluding carboxylic acids is 2. The van der Waals surface area contributed by atoms with E-state index < -0.39 is 48.0 Å². The Hall–Kier alpha value is -3.22. The van der Waals surface area contributed by atoms with Gasteiger partial charge in [-0.2, -0.15) is 13.2 Å². The first-order chi connectivity index (χ1) is 14.9. The third-order valence-corrected chi connectivity index (χ3v) is 4.23. The molecular weight excluding hydrogens is 467 g/mol. The predicted octanol–water partition coefficient (Wildman–Crippen LogP) is 4.00. The number of ether oxygens (including phenoxy) is 4. The Bertz CT molecular complexity index is 920. The van der Waals surface area contributed by atoms with Crippen LogP contribution in [-0.2, 0) is 23.8 Å². The van der Waals surface area contributed by atoms with Gasteiger partial charge in [-0.3, -0.25) is 0 Å². The van der Waals surface area contributed by atoms with Crippen LogP contribution in [0.1, 0.15) is 24.5 Å². The molecule has 0 saturated heterocycles. The van der Waals surface area contributed by atoms with E-state index in [2.05, 4.69) is 14.3 Å². The fraction of sp³-hybridized carbons (Fsp3) is 0.444. The Morgan fingerprint density at radius 2 is 2.00 bits per heavy atom. The molecule has 2 unspecified atom stereocenters. The monoisotopic (exact) mass is 483 g/mol. The van der Waals surface area contributed by atoms with E-state index >= 15 is 0 Å². The molecule has 0 saturated carbocycles. The van der Waals surface area contributed by atoms with Gasteiger partial charge in [0.05, 0.1) is 12.2 Å². The third kappa shape index (κ3) is 6.90. The maximum atomic E-state index is 13.4. The van der Waals surface area contributed by atoms with Crippen LogP contribution in [0.25, 0.3) is 6.08 Å². The lowest BCUT2D eigenvalue weighted by Gasteiger charge is -2.28. The second-order valence-electron chi connectivity index (χ2n) is 6.50. The van der Waals surface area contributed by atoms with Crippen molar-refractivity contribution in [3.8, 4) is 5.75 Å². The summed E-state index contributed by atoms with van der Waals surface area (Å²) in [6.45, 7) is 1.51. The fourth-order valence-corrected chi connectivity index (χ4v) is 2.90. The molecule has 1 aliphatic rings. The van der Waals surface area contributed by atoms with Crippen LogP contribution in [0.2, 0.25) is 5.02 Å². The van der Waals surface area contributed by atoms with Gasteiger partial charge in [0.1, 0.15) is 11.9 Å². The molecule has 32 heavy (non-hydrogen) atoms. The lowest BCUT2D eigenvalue weighted by Crippen LogP contribution is -2.41. The number of alkyl halides is 3. The van der Waals surface area contributed by atoms with E-state index in [4.69, 9.17) is 21.1 Å². The zero-order chi connectivity index (χ0) is 24.1. The lowest BCUT2D eigenvalue weighted by atomic mass is 9.99. The van der Waals surface area contributed by atoms with E-state index in [0.29, 0.717) is 5.56 Å². The van der Waals surface area contributed by atoms with Crippen molar-refractivity contribution in [1.29, 1.82) is 0 Å². The lowest BCUT2D eigenvalue weighted by molar-refractivity contribution is -0.758. The maximum Gasteiger partial charge on any atom is 0.511 e. The van der Waals surface area contributed by atoms with Gasteiger partial charge in [-0.05, 0) is 37.6 Å². The van der Waals surface area contributed by atoms with E-state index in [1.165, 1.54) is 26.0 Å².